The molecule has 19 heavy (non-hydrogen) atoms. The minimum atomic E-state index is -1.72. The Morgan fingerprint density at radius 1 is 1.11 bits per heavy atom. The fraction of sp³-hybridized carbons (Fsp3) is 0.400. The first kappa shape index (κ1) is 17.4. The molecule has 0 saturated heterocycles. The number of aliphatic hydroxyl groups excluding tert-OH is 1. The van der Waals surface area contributed by atoms with E-state index in [-0.39, 0.29) is 6.61 Å². The Bertz CT molecular complexity index is 340. The molecule has 0 aromatic heterocycles. The largest absolute Gasteiger partial charge is 0.477 e. The van der Waals surface area contributed by atoms with Crippen LogP contribution in [0.25, 0.3) is 0 Å². The summed E-state index contributed by atoms with van der Waals surface area (Å²) in [6, 6.07) is 0. The third kappa shape index (κ3) is 12.6. The quantitative estimate of drug-likeness (QED) is 0.362. The number of allylic oxidation sites excluding steroid dienone is 8. The standard InChI is InChI=1S/C15H22O4/c1-2-3-4-5-6-7-8-9-10-11-12-13-19-15(18)14(16)17/h3-10,15,18H,2,11-13H2,1H3,(H,16,17). The van der Waals surface area contributed by atoms with Gasteiger partial charge < -0.3 is 14.9 Å². The Kier molecular flexibility index (Phi) is 11.7. The molecular weight excluding hydrogens is 244 g/mol. The van der Waals surface area contributed by atoms with Gasteiger partial charge in [-0.15, -0.1) is 0 Å². The molecule has 0 aromatic rings. The summed E-state index contributed by atoms with van der Waals surface area (Å²) in [6.45, 7) is 2.31. The number of carboxylic acids is 1. The minimum absolute atomic E-state index is 0.225. The van der Waals surface area contributed by atoms with Crippen LogP contribution in [-0.4, -0.2) is 29.1 Å². The number of ether oxygens (including phenoxy) is 1. The van der Waals surface area contributed by atoms with Crippen molar-refractivity contribution >= 4 is 5.97 Å². The van der Waals surface area contributed by atoms with E-state index in [0.717, 1.165) is 12.8 Å². The van der Waals surface area contributed by atoms with Gasteiger partial charge in [0, 0.05) is 0 Å². The third-order valence-corrected chi connectivity index (χ3v) is 2.07. The van der Waals surface area contributed by atoms with Crippen molar-refractivity contribution in [3.63, 3.8) is 0 Å². The zero-order chi connectivity index (χ0) is 14.3. The molecule has 0 rings (SSSR count). The van der Waals surface area contributed by atoms with E-state index in [1.165, 1.54) is 0 Å². The van der Waals surface area contributed by atoms with Crippen molar-refractivity contribution in [2.24, 2.45) is 0 Å². The monoisotopic (exact) mass is 266 g/mol. The average molecular weight is 266 g/mol. The maximum absolute atomic E-state index is 10.2. The molecule has 1 unspecified atom stereocenters. The predicted octanol–water partition coefficient (Wildman–Crippen LogP) is 2.82. The summed E-state index contributed by atoms with van der Waals surface area (Å²) in [7, 11) is 0. The minimum Gasteiger partial charge on any atom is -0.477 e. The third-order valence-electron chi connectivity index (χ3n) is 2.07. The van der Waals surface area contributed by atoms with E-state index in [1.54, 1.807) is 0 Å². The highest BCUT2D eigenvalue weighted by atomic mass is 16.6. The van der Waals surface area contributed by atoms with Crippen molar-refractivity contribution in [1.82, 2.24) is 0 Å². The van der Waals surface area contributed by atoms with Gasteiger partial charge in [0.2, 0.25) is 0 Å². The first-order chi connectivity index (χ1) is 9.18. The predicted molar refractivity (Wildman–Crippen MR) is 75.7 cm³/mol. The smallest absolute Gasteiger partial charge is 0.360 e. The Morgan fingerprint density at radius 3 is 2.26 bits per heavy atom. The zero-order valence-electron chi connectivity index (χ0n) is 11.2. The molecule has 0 aliphatic carbocycles. The lowest BCUT2D eigenvalue weighted by molar-refractivity contribution is -0.176. The fourth-order valence-electron chi connectivity index (χ4n) is 1.11. The second kappa shape index (κ2) is 12.8. The molecule has 0 aromatic carbocycles. The highest BCUT2D eigenvalue weighted by molar-refractivity contribution is 5.70. The molecule has 0 aliphatic heterocycles. The van der Waals surface area contributed by atoms with Crippen LogP contribution in [-0.2, 0) is 9.53 Å². The van der Waals surface area contributed by atoms with Crippen LogP contribution in [0, 0.1) is 0 Å². The Morgan fingerprint density at radius 2 is 1.68 bits per heavy atom. The van der Waals surface area contributed by atoms with Gasteiger partial charge in [-0.2, -0.15) is 0 Å². The zero-order valence-corrected chi connectivity index (χ0v) is 11.2. The van der Waals surface area contributed by atoms with E-state index in [1.807, 2.05) is 42.5 Å². The summed E-state index contributed by atoms with van der Waals surface area (Å²) < 4.78 is 4.67. The number of aliphatic hydroxyl groups is 1. The van der Waals surface area contributed by atoms with Gasteiger partial charge >= 0.3 is 5.97 Å². The Labute approximate surface area is 114 Å². The second-order valence-corrected chi connectivity index (χ2v) is 3.74. The fourth-order valence-corrected chi connectivity index (χ4v) is 1.11. The maximum atomic E-state index is 10.2. The van der Waals surface area contributed by atoms with Crippen LogP contribution in [0.2, 0.25) is 0 Å². The van der Waals surface area contributed by atoms with E-state index in [2.05, 4.69) is 17.7 Å². The van der Waals surface area contributed by atoms with Gasteiger partial charge in [-0.05, 0) is 19.3 Å². The topological polar surface area (TPSA) is 66.8 Å². The highest BCUT2D eigenvalue weighted by Crippen LogP contribution is 1.95. The van der Waals surface area contributed by atoms with Crippen LogP contribution in [0.1, 0.15) is 26.2 Å². The van der Waals surface area contributed by atoms with Gasteiger partial charge in [0.25, 0.3) is 6.29 Å². The number of rotatable bonds is 10. The highest BCUT2D eigenvalue weighted by Gasteiger charge is 2.11. The molecule has 106 valence electrons. The van der Waals surface area contributed by atoms with Crippen molar-refractivity contribution in [1.29, 1.82) is 0 Å². The molecule has 0 heterocycles. The molecule has 0 saturated carbocycles. The first-order valence-electron chi connectivity index (χ1n) is 6.36. The number of carbonyl (C=O) groups is 1. The van der Waals surface area contributed by atoms with Crippen molar-refractivity contribution in [3.8, 4) is 0 Å². The summed E-state index contributed by atoms with van der Waals surface area (Å²) in [4.78, 5) is 10.2. The molecule has 0 bridgehead atoms. The van der Waals surface area contributed by atoms with Crippen LogP contribution in [0.15, 0.2) is 48.6 Å². The summed E-state index contributed by atoms with van der Waals surface area (Å²) in [5.74, 6) is -1.36. The van der Waals surface area contributed by atoms with Crippen LogP contribution < -0.4 is 0 Å². The van der Waals surface area contributed by atoms with Gasteiger partial charge in [0.05, 0.1) is 6.61 Å². The second-order valence-electron chi connectivity index (χ2n) is 3.74. The Hall–Kier alpha value is -1.65. The molecule has 0 radical (unpaired) electrons. The summed E-state index contributed by atoms with van der Waals surface area (Å²) in [6.07, 6.45) is 16.5. The molecule has 2 N–H and O–H groups in total. The number of hydrogen-bond acceptors (Lipinski definition) is 3. The van der Waals surface area contributed by atoms with Gasteiger partial charge in [0.15, 0.2) is 0 Å². The number of unbranched alkanes of at least 4 members (excludes halogenated alkanes) is 1. The maximum Gasteiger partial charge on any atom is 0.360 e. The van der Waals surface area contributed by atoms with E-state index in [0.29, 0.717) is 6.42 Å². The summed E-state index contributed by atoms with van der Waals surface area (Å²) in [5.41, 5.74) is 0. The van der Waals surface area contributed by atoms with Gasteiger partial charge in [0.1, 0.15) is 0 Å². The van der Waals surface area contributed by atoms with E-state index >= 15 is 0 Å². The summed E-state index contributed by atoms with van der Waals surface area (Å²) >= 11 is 0. The van der Waals surface area contributed by atoms with E-state index in [4.69, 9.17) is 10.2 Å². The number of aliphatic carboxylic acids is 1. The van der Waals surface area contributed by atoms with Gasteiger partial charge in [-0.1, -0.05) is 55.5 Å². The average Bonchev–Trinajstić information content (AvgIpc) is 2.39. The first-order valence-corrected chi connectivity index (χ1v) is 6.36. The van der Waals surface area contributed by atoms with Crippen LogP contribution in [0.4, 0.5) is 0 Å². The van der Waals surface area contributed by atoms with Crippen LogP contribution >= 0.6 is 0 Å². The molecule has 4 nitrogen and oxygen atoms in total. The number of hydrogen-bond donors (Lipinski definition) is 2. The van der Waals surface area contributed by atoms with Crippen LogP contribution in [0.3, 0.4) is 0 Å². The molecular formula is C15H22O4. The lowest BCUT2D eigenvalue weighted by Gasteiger charge is -2.05. The van der Waals surface area contributed by atoms with E-state index in [9.17, 15) is 4.79 Å². The Balaban J connectivity index is 3.54. The normalized spacial score (nSPS) is 14.2. The lowest BCUT2D eigenvalue weighted by atomic mass is 10.3. The SMILES string of the molecule is CCC=CC=CC=CC=CCCCOC(O)C(=O)O. The summed E-state index contributed by atoms with van der Waals surface area (Å²) in [5, 5.41) is 17.2. The van der Waals surface area contributed by atoms with E-state index < -0.39 is 12.3 Å². The van der Waals surface area contributed by atoms with Gasteiger partial charge in [-0.25, -0.2) is 4.79 Å². The lowest BCUT2D eigenvalue weighted by Crippen LogP contribution is -2.23. The van der Waals surface area contributed by atoms with Crippen LogP contribution in [0.5, 0.6) is 0 Å². The van der Waals surface area contributed by atoms with Crippen molar-refractivity contribution < 1.29 is 19.7 Å². The molecule has 1 atom stereocenters. The molecule has 0 spiro atoms. The van der Waals surface area contributed by atoms with Crippen molar-refractivity contribution in [3.05, 3.63) is 48.6 Å². The van der Waals surface area contributed by atoms with Crippen molar-refractivity contribution in [2.45, 2.75) is 32.5 Å². The molecule has 0 amide bonds. The molecule has 0 aliphatic rings. The molecule has 4 heteroatoms. The van der Waals surface area contributed by atoms with Gasteiger partial charge in [-0.3, -0.25) is 0 Å². The molecule has 0 fully saturated rings. The number of carboxylic acid groups (broad SMARTS) is 1. The van der Waals surface area contributed by atoms with Crippen molar-refractivity contribution in [2.75, 3.05) is 6.61 Å².